The van der Waals surface area contributed by atoms with Gasteiger partial charge in [0.1, 0.15) is 23.9 Å². The molecule has 3 aromatic carbocycles. The second-order valence-corrected chi connectivity index (χ2v) is 6.37. The number of fused-ring (bicyclic) bond motifs is 1. The van der Waals surface area contributed by atoms with Crippen LogP contribution in [-0.4, -0.2) is 5.78 Å². The van der Waals surface area contributed by atoms with E-state index in [1.807, 2.05) is 31.2 Å². The van der Waals surface area contributed by atoms with E-state index in [4.69, 9.17) is 9.47 Å². The predicted octanol–water partition coefficient (Wildman–Crippen LogP) is 5.33. The van der Waals surface area contributed by atoms with Crippen LogP contribution in [0.3, 0.4) is 0 Å². The van der Waals surface area contributed by atoms with Crippen molar-refractivity contribution >= 4 is 11.9 Å². The van der Waals surface area contributed by atoms with Gasteiger partial charge in [0, 0.05) is 6.07 Å². The van der Waals surface area contributed by atoms with Gasteiger partial charge < -0.3 is 9.47 Å². The molecule has 4 heteroatoms. The zero-order chi connectivity index (χ0) is 18.8. The second-order valence-electron chi connectivity index (χ2n) is 6.37. The maximum atomic E-state index is 13.0. The molecule has 3 aromatic rings. The standard InChI is InChI=1S/C23H17FO3/c1-15-4-2-3-5-17(15)12-22-23(25)20-11-10-19(13-21(20)27-22)26-14-16-6-8-18(24)9-7-16/h2-13H,14H2,1H3. The van der Waals surface area contributed by atoms with E-state index < -0.39 is 0 Å². The number of halogens is 1. The van der Waals surface area contributed by atoms with Gasteiger partial charge in [-0.15, -0.1) is 0 Å². The number of hydrogen-bond donors (Lipinski definition) is 0. The minimum atomic E-state index is -0.281. The van der Waals surface area contributed by atoms with Gasteiger partial charge in [-0.05, 0) is 54.0 Å². The largest absolute Gasteiger partial charge is 0.489 e. The molecule has 0 fully saturated rings. The van der Waals surface area contributed by atoms with E-state index in [9.17, 15) is 9.18 Å². The molecule has 27 heavy (non-hydrogen) atoms. The third-order valence-electron chi connectivity index (χ3n) is 4.44. The summed E-state index contributed by atoms with van der Waals surface area (Å²) < 4.78 is 24.5. The summed E-state index contributed by atoms with van der Waals surface area (Å²) in [6.45, 7) is 2.29. The van der Waals surface area contributed by atoms with Crippen LogP contribution in [0.15, 0.2) is 72.5 Å². The van der Waals surface area contributed by atoms with Crippen LogP contribution in [0, 0.1) is 12.7 Å². The fourth-order valence-electron chi connectivity index (χ4n) is 2.89. The van der Waals surface area contributed by atoms with E-state index in [0.29, 0.717) is 29.4 Å². The number of benzene rings is 3. The number of rotatable bonds is 4. The SMILES string of the molecule is Cc1ccccc1C=C1Oc2cc(OCc3ccc(F)cc3)ccc2C1=O. The molecule has 0 aliphatic carbocycles. The van der Waals surface area contributed by atoms with Gasteiger partial charge in [0.25, 0.3) is 0 Å². The first kappa shape index (κ1) is 17.0. The van der Waals surface area contributed by atoms with Crippen molar-refractivity contribution in [1.82, 2.24) is 0 Å². The van der Waals surface area contributed by atoms with Crippen LogP contribution < -0.4 is 9.47 Å². The molecular formula is C23H17FO3. The van der Waals surface area contributed by atoms with Crippen molar-refractivity contribution in [2.75, 3.05) is 0 Å². The van der Waals surface area contributed by atoms with E-state index in [-0.39, 0.29) is 11.6 Å². The summed E-state index contributed by atoms with van der Waals surface area (Å²) in [6.07, 6.45) is 1.76. The van der Waals surface area contributed by atoms with Gasteiger partial charge in [0.2, 0.25) is 5.78 Å². The van der Waals surface area contributed by atoms with Gasteiger partial charge in [-0.3, -0.25) is 4.79 Å². The maximum Gasteiger partial charge on any atom is 0.231 e. The molecule has 1 aliphatic heterocycles. The molecular weight excluding hydrogens is 343 g/mol. The van der Waals surface area contributed by atoms with Gasteiger partial charge in [-0.25, -0.2) is 4.39 Å². The van der Waals surface area contributed by atoms with Crippen LogP contribution in [-0.2, 0) is 6.61 Å². The summed E-state index contributed by atoms with van der Waals surface area (Å²) in [5.41, 5.74) is 3.39. The normalized spacial score (nSPS) is 14.1. The summed E-state index contributed by atoms with van der Waals surface area (Å²) in [4.78, 5) is 12.6. The monoisotopic (exact) mass is 360 g/mol. The van der Waals surface area contributed by atoms with Crippen molar-refractivity contribution in [2.24, 2.45) is 0 Å². The number of aryl methyl sites for hydroxylation is 1. The summed E-state index contributed by atoms with van der Waals surface area (Å²) in [7, 11) is 0. The average Bonchev–Trinajstić information content (AvgIpc) is 2.98. The Morgan fingerprint density at radius 3 is 2.59 bits per heavy atom. The lowest BCUT2D eigenvalue weighted by Crippen LogP contribution is -1.98. The first-order valence-corrected chi connectivity index (χ1v) is 8.61. The minimum Gasteiger partial charge on any atom is -0.489 e. The van der Waals surface area contributed by atoms with Crippen molar-refractivity contribution in [3.8, 4) is 11.5 Å². The van der Waals surface area contributed by atoms with Crippen molar-refractivity contribution in [1.29, 1.82) is 0 Å². The smallest absolute Gasteiger partial charge is 0.231 e. The molecule has 0 atom stereocenters. The van der Waals surface area contributed by atoms with Gasteiger partial charge in [0.05, 0.1) is 5.56 Å². The topological polar surface area (TPSA) is 35.5 Å². The van der Waals surface area contributed by atoms with E-state index in [1.165, 1.54) is 12.1 Å². The lowest BCUT2D eigenvalue weighted by Gasteiger charge is -2.07. The van der Waals surface area contributed by atoms with Crippen LogP contribution in [0.5, 0.6) is 11.5 Å². The molecule has 134 valence electrons. The molecule has 0 bridgehead atoms. The van der Waals surface area contributed by atoms with E-state index in [0.717, 1.165) is 16.7 Å². The molecule has 4 rings (SSSR count). The van der Waals surface area contributed by atoms with Gasteiger partial charge in [-0.2, -0.15) is 0 Å². The van der Waals surface area contributed by atoms with Crippen LogP contribution in [0.2, 0.25) is 0 Å². The molecule has 3 nitrogen and oxygen atoms in total. The van der Waals surface area contributed by atoms with Crippen molar-refractivity contribution in [3.05, 3.63) is 101 Å². The highest BCUT2D eigenvalue weighted by Crippen LogP contribution is 2.35. The highest BCUT2D eigenvalue weighted by Gasteiger charge is 2.27. The maximum absolute atomic E-state index is 13.0. The van der Waals surface area contributed by atoms with Gasteiger partial charge >= 0.3 is 0 Å². The van der Waals surface area contributed by atoms with Crippen LogP contribution >= 0.6 is 0 Å². The summed E-state index contributed by atoms with van der Waals surface area (Å²) in [5, 5.41) is 0. The number of Topliss-reactive ketones (excluding diaryl/α,β-unsaturated/α-hetero) is 1. The number of ketones is 1. The first-order chi connectivity index (χ1) is 13.1. The third-order valence-corrected chi connectivity index (χ3v) is 4.44. The Balaban J connectivity index is 1.52. The second kappa shape index (κ2) is 7.08. The number of carbonyl (C=O) groups is 1. The number of ether oxygens (including phenoxy) is 2. The number of carbonyl (C=O) groups excluding carboxylic acids is 1. The zero-order valence-corrected chi connectivity index (χ0v) is 14.7. The fraction of sp³-hybridized carbons (Fsp3) is 0.0870. The van der Waals surface area contributed by atoms with E-state index in [1.54, 1.807) is 36.4 Å². The molecule has 0 spiro atoms. The Morgan fingerprint density at radius 1 is 1.04 bits per heavy atom. The molecule has 0 saturated heterocycles. The molecule has 0 radical (unpaired) electrons. The highest BCUT2D eigenvalue weighted by molar-refractivity contribution is 6.14. The van der Waals surface area contributed by atoms with E-state index in [2.05, 4.69) is 0 Å². The number of allylic oxidation sites excluding steroid dienone is 1. The van der Waals surface area contributed by atoms with E-state index >= 15 is 0 Å². The molecule has 0 N–H and O–H groups in total. The Hall–Kier alpha value is -3.40. The zero-order valence-electron chi connectivity index (χ0n) is 14.7. The van der Waals surface area contributed by atoms with Crippen molar-refractivity contribution in [3.63, 3.8) is 0 Å². The Kier molecular flexibility index (Phi) is 4.47. The fourth-order valence-corrected chi connectivity index (χ4v) is 2.89. The van der Waals surface area contributed by atoms with Crippen molar-refractivity contribution in [2.45, 2.75) is 13.5 Å². The van der Waals surface area contributed by atoms with Gasteiger partial charge in [-0.1, -0.05) is 36.4 Å². The molecule has 1 aliphatic rings. The summed E-state index contributed by atoms with van der Waals surface area (Å²) in [6, 6.07) is 19.1. The highest BCUT2D eigenvalue weighted by atomic mass is 19.1. The summed E-state index contributed by atoms with van der Waals surface area (Å²) in [5.74, 6) is 0.948. The number of hydrogen-bond acceptors (Lipinski definition) is 3. The molecule has 0 saturated carbocycles. The molecule has 0 aromatic heterocycles. The minimum absolute atomic E-state index is 0.140. The Bertz CT molecular complexity index is 1040. The van der Waals surface area contributed by atoms with Crippen LogP contribution in [0.4, 0.5) is 4.39 Å². The summed E-state index contributed by atoms with van der Waals surface area (Å²) >= 11 is 0. The molecule has 0 amide bonds. The predicted molar refractivity (Wildman–Crippen MR) is 101 cm³/mol. The van der Waals surface area contributed by atoms with Crippen molar-refractivity contribution < 1.29 is 18.7 Å². The quantitative estimate of drug-likeness (QED) is 0.590. The third kappa shape index (κ3) is 3.60. The van der Waals surface area contributed by atoms with Gasteiger partial charge in [0.15, 0.2) is 5.76 Å². The molecule has 1 heterocycles. The Labute approximate surface area is 156 Å². The van der Waals surface area contributed by atoms with Crippen LogP contribution in [0.25, 0.3) is 6.08 Å². The lowest BCUT2D eigenvalue weighted by molar-refractivity contribution is 0.101. The first-order valence-electron chi connectivity index (χ1n) is 8.61. The van der Waals surface area contributed by atoms with Crippen LogP contribution in [0.1, 0.15) is 27.0 Å². The average molecular weight is 360 g/mol. The molecule has 0 unspecified atom stereocenters. The lowest BCUT2D eigenvalue weighted by atomic mass is 10.1. The Morgan fingerprint density at radius 2 is 1.81 bits per heavy atom.